The topological polar surface area (TPSA) is 122 Å². The van der Waals surface area contributed by atoms with E-state index in [0.717, 1.165) is 9.87 Å². The van der Waals surface area contributed by atoms with Gasteiger partial charge in [-0.25, -0.2) is 13.2 Å². The maximum absolute atomic E-state index is 12.9. The summed E-state index contributed by atoms with van der Waals surface area (Å²) in [6.45, 7) is 3.47. The van der Waals surface area contributed by atoms with E-state index < -0.39 is 27.9 Å². The van der Waals surface area contributed by atoms with Gasteiger partial charge in [-0.1, -0.05) is 24.6 Å². The second kappa shape index (κ2) is 7.78. The quantitative estimate of drug-likeness (QED) is 0.726. The normalized spacial score (nSPS) is 12.4. The number of anilines is 1. The number of carboxylic acids is 1. The van der Waals surface area contributed by atoms with Gasteiger partial charge in [0, 0.05) is 14.1 Å². The fraction of sp³-hybridized carbons (Fsp3) is 0.353. The summed E-state index contributed by atoms with van der Waals surface area (Å²) in [5, 5.41) is 15.4. The van der Waals surface area contributed by atoms with Crippen molar-refractivity contribution in [3.63, 3.8) is 0 Å². The highest BCUT2D eigenvalue weighted by molar-refractivity contribution is 7.92. The number of aryl methyl sites for hydroxylation is 2. The van der Waals surface area contributed by atoms with Crippen LogP contribution in [0.2, 0.25) is 0 Å². The van der Waals surface area contributed by atoms with Gasteiger partial charge < -0.3 is 10.4 Å². The van der Waals surface area contributed by atoms with Gasteiger partial charge in [0.2, 0.25) is 0 Å². The molecule has 1 amide bonds. The third kappa shape index (κ3) is 4.11. The fourth-order valence-corrected chi connectivity index (χ4v) is 3.76. The Balaban J connectivity index is 2.41. The minimum Gasteiger partial charge on any atom is -0.480 e. The van der Waals surface area contributed by atoms with E-state index >= 15 is 0 Å². The first-order chi connectivity index (χ1) is 12.6. The number of rotatable bonds is 7. The van der Waals surface area contributed by atoms with Crippen LogP contribution in [0.1, 0.15) is 29.3 Å². The Morgan fingerprint density at radius 1 is 1.30 bits per heavy atom. The number of benzene rings is 1. The first-order valence-electron chi connectivity index (χ1n) is 8.20. The van der Waals surface area contributed by atoms with Crippen LogP contribution in [0.3, 0.4) is 0 Å². The molecule has 146 valence electrons. The maximum Gasteiger partial charge on any atom is 0.326 e. The Hall–Kier alpha value is -2.88. The van der Waals surface area contributed by atoms with Crippen LogP contribution in [0, 0.1) is 6.92 Å². The Kier molecular flexibility index (Phi) is 5.89. The summed E-state index contributed by atoms with van der Waals surface area (Å²) in [5.41, 5.74) is 0.881. The maximum atomic E-state index is 12.9. The fourth-order valence-electron chi connectivity index (χ4n) is 2.52. The number of sulfonamides is 1. The van der Waals surface area contributed by atoms with Gasteiger partial charge in [-0.05, 0) is 25.5 Å². The lowest BCUT2D eigenvalue weighted by Crippen LogP contribution is -2.41. The Labute approximate surface area is 157 Å². The number of amides is 1. The van der Waals surface area contributed by atoms with Crippen molar-refractivity contribution in [1.29, 1.82) is 0 Å². The van der Waals surface area contributed by atoms with Gasteiger partial charge in [0.05, 0.1) is 11.1 Å². The van der Waals surface area contributed by atoms with E-state index in [1.165, 1.54) is 37.1 Å². The Bertz CT molecular complexity index is 950. The molecule has 0 radical (unpaired) electrons. The van der Waals surface area contributed by atoms with Crippen LogP contribution in [-0.2, 0) is 21.9 Å². The molecule has 27 heavy (non-hydrogen) atoms. The van der Waals surface area contributed by atoms with E-state index in [-0.39, 0.29) is 22.7 Å². The number of carboxylic acid groups (broad SMARTS) is 1. The molecule has 0 saturated heterocycles. The van der Waals surface area contributed by atoms with Crippen LogP contribution in [0.25, 0.3) is 0 Å². The molecule has 0 aliphatic rings. The smallest absolute Gasteiger partial charge is 0.326 e. The van der Waals surface area contributed by atoms with Crippen molar-refractivity contribution >= 4 is 27.7 Å². The monoisotopic (exact) mass is 394 g/mol. The highest BCUT2D eigenvalue weighted by Crippen LogP contribution is 2.25. The Morgan fingerprint density at radius 3 is 2.41 bits per heavy atom. The van der Waals surface area contributed by atoms with E-state index in [4.69, 9.17) is 5.11 Å². The second-order valence-corrected chi connectivity index (χ2v) is 8.03. The summed E-state index contributed by atoms with van der Waals surface area (Å²) < 4.78 is 28.0. The third-order valence-corrected chi connectivity index (χ3v) is 5.90. The molecule has 1 aromatic carbocycles. The van der Waals surface area contributed by atoms with Crippen LogP contribution in [0.15, 0.2) is 35.4 Å². The number of hydrogen-bond donors (Lipinski definition) is 2. The number of nitrogens with zero attached hydrogens (tertiary/aromatic N) is 3. The van der Waals surface area contributed by atoms with Crippen molar-refractivity contribution in [2.24, 2.45) is 7.05 Å². The summed E-state index contributed by atoms with van der Waals surface area (Å²) >= 11 is 0. The predicted octanol–water partition coefficient (Wildman–Crippen LogP) is 1.15. The van der Waals surface area contributed by atoms with Gasteiger partial charge in [-0.15, -0.1) is 0 Å². The first kappa shape index (κ1) is 20.4. The zero-order valence-corrected chi connectivity index (χ0v) is 16.3. The molecular weight excluding hydrogens is 372 g/mol. The van der Waals surface area contributed by atoms with Gasteiger partial charge >= 0.3 is 5.97 Å². The van der Waals surface area contributed by atoms with Crippen LogP contribution in [-0.4, -0.2) is 48.3 Å². The molecule has 1 unspecified atom stereocenters. The van der Waals surface area contributed by atoms with Crippen molar-refractivity contribution in [2.75, 3.05) is 11.4 Å². The number of nitrogens with one attached hydrogen (secondary N) is 1. The Morgan fingerprint density at radius 2 is 1.89 bits per heavy atom. The molecule has 0 spiro atoms. The van der Waals surface area contributed by atoms with Gasteiger partial charge in [-0.3, -0.25) is 13.8 Å². The van der Waals surface area contributed by atoms with E-state index in [1.54, 1.807) is 19.1 Å². The highest BCUT2D eigenvalue weighted by Gasteiger charge is 2.29. The summed E-state index contributed by atoms with van der Waals surface area (Å²) in [6, 6.07) is 5.24. The molecule has 2 N–H and O–H groups in total. The van der Waals surface area contributed by atoms with Gasteiger partial charge in [0.25, 0.3) is 15.9 Å². The summed E-state index contributed by atoms with van der Waals surface area (Å²) in [5.74, 6) is -1.84. The van der Waals surface area contributed by atoms with Crippen molar-refractivity contribution < 1.29 is 23.1 Å². The number of aromatic nitrogens is 2. The lowest BCUT2D eigenvalue weighted by molar-refractivity contribution is -0.139. The van der Waals surface area contributed by atoms with E-state index in [9.17, 15) is 18.0 Å². The molecule has 1 aromatic heterocycles. The molecule has 10 heteroatoms. The minimum atomic E-state index is -3.93. The molecule has 0 aliphatic carbocycles. The SMILES string of the molecule is CCC(NC(=O)c1cnn(C)c1N(C)S(=O)(=O)c1ccc(C)cc1)C(=O)O. The molecule has 2 aromatic rings. The molecule has 2 rings (SSSR count). The van der Waals surface area contributed by atoms with Crippen molar-refractivity contribution in [1.82, 2.24) is 15.1 Å². The van der Waals surface area contributed by atoms with Gasteiger partial charge in [-0.2, -0.15) is 5.10 Å². The van der Waals surface area contributed by atoms with Crippen molar-refractivity contribution in [2.45, 2.75) is 31.2 Å². The molecule has 1 heterocycles. The van der Waals surface area contributed by atoms with Crippen molar-refractivity contribution in [3.05, 3.63) is 41.6 Å². The van der Waals surface area contributed by atoms with Crippen LogP contribution in [0.5, 0.6) is 0 Å². The molecule has 0 saturated carbocycles. The standard InChI is InChI=1S/C17H22N4O5S/c1-5-14(17(23)24)19-15(22)13-10-18-20(3)16(13)21(4)27(25,26)12-8-6-11(2)7-9-12/h6-10,14H,5H2,1-4H3,(H,19,22)(H,23,24). The molecule has 1 atom stereocenters. The average molecular weight is 394 g/mol. The summed E-state index contributed by atoms with van der Waals surface area (Å²) in [6.07, 6.45) is 1.40. The third-order valence-electron chi connectivity index (χ3n) is 4.14. The van der Waals surface area contributed by atoms with Gasteiger partial charge in [0.15, 0.2) is 5.82 Å². The van der Waals surface area contributed by atoms with Gasteiger partial charge in [0.1, 0.15) is 11.6 Å². The zero-order chi connectivity index (χ0) is 20.4. The summed E-state index contributed by atoms with van der Waals surface area (Å²) in [7, 11) is -1.11. The predicted molar refractivity (Wildman–Crippen MR) is 99.2 cm³/mol. The first-order valence-corrected chi connectivity index (χ1v) is 9.64. The molecule has 0 fully saturated rings. The summed E-state index contributed by atoms with van der Waals surface area (Å²) in [4.78, 5) is 23.7. The van der Waals surface area contributed by atoms with E-state index in [1.807, 2.05) is 6.92 Å². The molecular formula is C17H22N4O5S. The highest BCUT2D eigenvalue weighted by atomic mass is 32.2. The van der Waals surface area contributed by atoms with E-state index in [0.29, 0.717) is 0 Å². The lowest BCUT2D eigenvalue weighted by Gasteiger charge is -2.21. The van der Waals surface area contributed by atoms with E-state index in [2.05, 4.69) is 10.4 Å². The zero-order valence-electron chi connectivity index (χ0n) is 15.5. The number of carbonyl (C=O) groups excluding carboxylic acids is 1. The average Bonchev–Trinajstić information content (AvgIpc) is 3.00. The molecule has 0 aliphatic heterocycles. The lowest BCUT2D eigenvalue weighted by atomic mass is 10.2. The van der Waals surface area contributed by atoms with Crippen molar-refractivity contribution in [3.8, 4) is 0 Å². The number of hydrogen-bond acceptors (Lipinski definition) is 5. The number of carbonyl (C=O) groups is 2. The van der Waals surface area contributed by atoms with Crippen LogP contribution in [0.4, 0.5) is 5.82 Å². The second-order valence-electron chi connectivity index (χ2n) is 6.06. The van der Waals surface area contributed by atoms with Crippen LogP contribution >= 0.6 is 0 Å². The largest absolute Gasteiger partial charge is 0.480 e. The van der Waals surface area contributed by atoms with Crippen LogP contribution < -0.4 is 9.62 Å². The molecule has 9 nitrogen and oxygen atoms in total. The minimum absolute atomic E-state index is 0.0320. The molecule has 0 bridgehead atoms. The number of aliphatic carboxylic acids is 1.